The van der Waals surface area contributed by atoms with Crippen molar-refractivity contribution < 1.29 is 4.79 Å². The van der Waals surface area contributed by atoms with Gasteiger partial charge < -0.3 is 14.8 Å². The van der Waals surface area contributed by atoms with E-state index in [2.05, 4.69) is 21.3 Å². The van der Waals surface area contributed by atoms with Gasteiger partial charge in [0.1, 0.15) is 11.5 Å². The quantitative estimate of drug-likeness (QED) is 0.774. The highest BCUT2D eigenvalue weighted by molar-refractivity contribution is 5.92. The van der Waals surface area contributed by atoms with Crippen LogP contribution in [0.15, 0.2) is 42.9 Å². The normalized spacial score (nSPS) is 14.9. The number of anilines is 1. The maximum atomic E-state index is 12.3. The number of para-hydroxylation sites is 1. The Morgan fingerprint density at radius 1 is 1.30 bits per heavy atom. The molecule has 0 radical (unpaired) electrons. The standard InChI is InChI=1S/C20H20N6O/c1-25-13-22-12-18(25)20(27)23-15-6-8-26(9-7-15)19-10-14(11-21)16-4-2-3-5-17(16)24-19/h2-5,10,12-13,15H,6-9H2,1H3,(H,23,27). The Morgan fingerprint density at radius 3 is 2.78 bits per heavy atom. The number of nitrogens with one attached hydrogen (secondary N) is 1. The minimum absolute atomic E-state index is 0.0935. The number of aryl methyl sites for hydroxylation is 1. The average Bonchev–Trinajstić information content (AvgIpc) is 3.13. The fourth-order valence-electron chi connectivity index (χ4n) is 3.50. The lowest BCUT2D eigenvalue weighted by molar-refractivity contribution is 0.0923. The number of hydrogen-bond donors (Lipinski definition) is 1. The molecule has 1 aromatic carbocycles. The molecular weight excluding hydrogens is 340 g/mol. The van der Waals surface area contributed by atoms with Gasteiger partial charge in [-0.3, -0.25) is 4.79 Å². The number of hydrogen-bond acceptors (Lipinski definition) is 5. The molecule has 1 aliphatic rings. The van der Waals surface area contributed by atoms with Gasteiger partial charge in [0.2, 0.25) is 0 Å². The lowest BCUT2D eigenvalue weighted by atomic mass is 10.0. The van der Waals surface area contributed by atoms with Gasteiger partial charge in [0.15, 0.2) is 0 Å². The highest BCUT2D eigenvalue weighted by Crippen LogP contribution is 2.24. The molecule has 0 spiro atoms. The lowest BCUT2D eigenvalue weighted by Gasteiger charge is -2.33. The van der Waals surface area contributed by atoms with Gasteiger partial charge in [-0.05, 0) is 25.0 Å². The third-order valence-electron chi connectivity index (χ3n) is 5.03. The second-order valence-electron chi connectivity index (χ2n) is 6.78. The number of pyridine rings is 1. The number of carbonyl (C=O) groups is 1. The molecule has 0 saturated carbocycles. The van der Waals surface area contributed by atoms with Crippen LogP contribution >= 0.6 is 0 Å². The SMILES string of the molecule is Cn1cncc1C(=O)NC1CCN(c2cc(C#N)c3ccccc3n2)CC1. The van der Waals surface area contributed by atoms with Crippen LogP contribution in [-0.2, 0) is 7.05 Å². The topological polar surface area (TPSA) is 86.8 Å². The van der Waals surface area contributed by atoms with Gasteiger partial charge in [0, 0.05) is 31.6 Å². The van der Waals surface area contributed by atoms with Gasteiger partial charge in [0.05, 0.1) is 29.7 Å². The Kier molecular flexibility index (Phi) is 4.47. The first-order valence-corrected chi connectivity index (χ1v) is 8.97. The number of fused-ring (bicyclic) bond motifs is 1. The van der Waals surface area contributed by atoms with E-state index in [1.54, 1.807) is 17.1 Å². The van der Waals surface area contributed by atoms with Crippen molar-refractivity contribution in [2.75, 3.05) is 18.0 Å². The van der Waals surface area contributed by atoms with E-state index in [0.717, 1.165) is 42.7 Å². The minimum atomic E-state index is -0.0935. The maximum Gasteiger partial charge on any atom is 0.269 e. The van der Waals surface area contributed by atoms with Crippen LogP contribution in [0.2, 0.25) is 0 Å². The van der Waals surface area contributed by atoms with E-state index < -0.39 is 0 Å². The van der Waals surface area contributed by atoms with Crippen molar-refractivity contribution in [3.05, 3.63) is 54.1 Å². The molecule has 0 unspecified atom stereocenters. The fraction of sp³-hybridized carbons (Fsp3) is 0.300. The van der Waals surface area contributed by atoms with Crippen molar-refractivity contribution in [1.29, 1.82) is 5.26 Å². The fourth-order valence-corrected chi connectivity index (χ4v) is 3.50. The number of carbonyl (C=O) groups excluding carboxylic acids is 1. The Hall–Kier alpha value is -3.40. The molecular formula is C20H20N6O. The van der Waals surface area contributed by atoms with Crippen molar-refractivity contribution in [3.8, 4) is 6.07 Å². The molecule has 136 valence electrons. The summed E-state index contributed by atoms with van der Waals surface area (Å²) in [6, 6.07) is 12.0. The zero-order chi connectivity index (χ0) is 18.8. The van der Waals surface area contributed by atoms with E-state index in [9.17, 15) is 10.1 Å². The summed E-state index contributed by atoms with van der Waals surface area (Å²) in [5, 5.41) is 13.4. The predicted octanol–water partition coefficient (Wildman–Crippen LogP) is 2.24. The molecule has 0 aliphatic carbocycles. The van der Waals surface area contributed by atoms with Crippen molar-refractivity contribution in [2.45, 2.75) is 18.9 Å². The summed E-state index contributed by atoms with van der Waals surface area (Å²) in [6.45, 7) is 1.57. The Morgan fingerprint density at radius 2 is 2.07 bits per heavy atom. The van der Waals surface area contributed by atoms with Gasteiger partial charge in [0.25, 0.3) is 5.91 Å². The number of imidazole rings is 1. The molecule has 1 saturated heterocycles. The number of rotatable bonds is 3. The summed E-state index contributed by atoms with van der Waals surface area (Å²) < 4.78 is 1.72. The molecule has 7 nitrogen and oxygen atoms in total. The van der Waals surface area contributed by atoms with E-state index in [-0.39, 0.29) is 11.9 Å². The van der Waals surface area contributed by atoms with Crippen LogP contribution in [0.3, 0.4) is 0 Å². The predicted molar refractivity (Wildman–Crippen MR) is 102 cm³/mol. The molecule has 4 rings (SSSR count). The van der Waals surface area contributed by atoms with E-state index in [0.29, 0.717) is 11.3 Å². The zero-order valence-corrected chi connectivity index (χ0v) is 15.1. The van der Waals surface area contributed by atoms with E-state index in [1.165, 1.54) is 0 Å². The Labute approximate surface area is 157 Å². The van der Waals surface area contributed by atoms with Crippen molar-refractivity contribution >= 4 is 22.6 Å². The molecule has 0 bridgehead atoms. The molecule has 7 heteroatoms. The Bertz CT molecular complexity index is 1030. The molecule has 3 heterocycles. The van der Waals surface area contributed by atoms with Crippen molar-refractivity contribution in [3.63, 3.8) is 0 Å². The third kappa shape index (κ3) is 3.34. The van der Waals surface area contributed by atoms with Gasteiger partial charge in [-0.15, -0.1) is 0 Å². The van der Waals surface area contributed by atoms with Crippen LogP contribution in [0.25, 0.3) is 10.9 Å². The summed E-state index contributed by atoms with van der Waals surface area (Å²) in [7, 11) is 1.81. The molecule has 2 aromatic heterocycles. The molecule has 0 atom stereocenters. The lowest BCUT2D eigenvalue weighted by Crippen LogP contribution is -2.45. The monoisotopic (exact) mass is 360 g/mol. The van der Waals surface area contributed by atoms with Crippen LogP contribution < -0.4 is 10.2 Å². The second kappa shape index (κ2) is 7.08. The molecule has 3 aromatic rings. The van der Waals surface area contributed by atoms with Gasteiger partial charge >= 0.3 is 0 Å². The molecule has 1 amide bonds. The number of nitrogens with zero attached hydrogens (tertiary/aromatic N) is 5. The number of amides is 1. The summed E-state index contributed by atoms with van der Waals surface area (Å²) in [4.78, 5) is 23.2. The number of nitriles is 1. The second-order valence-corrected chi connectivity index (χ2v) is 6.78. The number of aromatic nitrogens is 3. The van der Waals surface area contributed by atoms with Crippen LogP contribution in [0.4, 0.5) is 5.82 Å². The minimum Gasteiger partial charge on any atom is -0.356 e. The van der Waals surface area contributed by atoms with Gasteiger partial charge in [-0.2, -0.15) is 5.26 Å². The smallest absolute Gasteiger partial charge is 0.269 e. The van der Waals surface area contributed by atoms with E-state index in [4.69, 9.17) is 4.98 Å². The van der Waals surface area contributed by atoms with Crippen LogP contribution in [0.5, 0.6) is 0 Å². The van der Waals surface area contributed by atoms with E-state index in [1.807, 2.05) is 37.4 Å². The van der Waals surface area contributed by atoms with Crippen molar-refractivity contribution in [1.82, 2.24) is 19.9 Å². The van der Waals surface area contributed by atoms with Crippen LogP contribution in [0.1, 0.15) is 28.9 Å². The summed E-state index contributed by atoms with van der Waals surface area (Å²) in [5.74, 6) is 0.728. The zero-order valence-electron chi connectivity index (χ0n) is 15.1. The van der Waals surface area contributed by atoms with Crippen LogP contribution in [0, 0.1) is 11.3 Å². The first kappa shape index (κ1) is 17.0. The highest BCUT2D eigenvalue weighted by atomic mass is 16.2. The molecule has 1 fully saturated rings. The molecule has 1 N–H and O–H groups in total. The van der Waals surface area contributed by atoms with Gasteiger partial charge in [-0.1, -0.05) is 18.2 Å². The summed E-state index contributed by atoms with van der Waals surface area (Å²) >= 11 is 0. The third-order valence-corrected chi connectivity index (χ3v) is 5.03. The average molecular weight is 360 g/mol. The first-order chi connectivity index (χ1) is 13.2. The Balaban J connectivity index is 1.45. The van der Waals surface area contributed by atoms with Crippen molar-refractivity contribution in [2.24, 2.45) is 7.05 Å². The highest BCUT2D eigenvalue weighted by Gasteiger charge is 2.23. The number of benzene rings is 1. The molecule has 27 heavy (non-hydrogen) atoms. The molecule has 1 aliphatic heterocycles. The maximum absolute atomic E-state index is 12.3. The van der Waals surface area contributed by atoms with Gasteiger partial charge in [-0.25, -0.2) is 9.97 Å². The van der Waals surface area contributed by atoms with Crippen LogP contribution in [-0.4, -0.2) is 39.6 Å². The van der Waals surface area contributed by atoms with E-state index >= 15 is 0 Å². The number of piperidine rings is 1. The summed E-state index contributed by atoms with van der Waals surface area (Å²) in [6.07, 6.45) is 4.86. The summed E-state index contributed by atoms with van der Waals surface area (Å²) in [5.41, 5.74) is 2.03. The first-order valence-electron chi connectivity index (χ1n) is 8.97. The largest absolute Gasteiger partial charge is 0.356 e.